The number of furan rings is 1. The first-order valence-electron chi connectivity index (χ1n) is 8.43. The van der Waals surface area contributed by atoms with E-state index in [1.807, 2.05) is 23.1 Å². The molecule has 4 nitrogen and oxygen atoms in total. The van der Waals surface area contributed by atoms with Crippen LogP contribution in [-0.4, -0.2) is 35.3 Å². The minimum Gasteiger partial charge on any atom is -0.468 e. The Morgan fingerprint density at radius 2 is 2.00 bits per heavy atom. The molecule has 2 aromatic rings. The van der Waals surface area contributed by atoms with Gasteiger partial charge in [0.15, 0.2) is 0 Å². The summed E-state index contributed by atoms with van der Waals surface area (Å²) in [6.45, 7) is 3.71. The van der Waals surface area contributed by atoms with E-state index in [4.69, 9.17) is 4.42 Å². The molecule has 126 valence electrons. The summed E-state index contributed by atoms with van der Waals surface area (Å²) in [6.07, 6.45) is 3.46. The monoisotopic (exact) mass is 328 g/mol. The Labute approximate surface area is 140 Å². The number of nitrogens with zero attached hydrogens (tertiary/aromatic N) is 2. The third kappa shape index (κ3) is 2.84. The van der Waals surface area contributed by atoms with Crippen molar-refractivity contribution in [3.05, 3.63) is 59.8 Å². The zero-order valence-corrected chi connectivity index (χ0v) is 13.6. The second kappa shape index (κ2) is 6.06. The average Bonchev–Trinajstić information content (AvgIpc) is 3.27. The topological polar surface area (TPSA) is 36.7 Å². The van der Waals surface area contributed by atoms with E-state index in [2.05, 4.69) is 4.90 Å². The van der Waals surface area contributed by atoms with Gasteiger partial charge in [0.1, 0.15) is 11.6 Å². The summed E-state index contributed by atoms with van der Waals surface area (Å²) in [6, 6.07) is 10.4. The summed E-state index contributed by atoms with van der Waals surface area (Å²) in [7, 11) is 0. The van der Waals surface area contributed by atoms with Gasteiger partial charge in [-0.1, -0.05) is 12.1 Å². The van der Waals surface area contributed by atoms with Gasteiger partial charge < -0.3 is 9.32 Å². The molecule has 0 radical (unpaired) electrons. The number of amides is 1. The van der Waals surface area contributed by atoms with Crippen molar-refractivity contribution in [2.45, 2.75) is 25.9 Å². The van der Waals surface area contributed by atoms with Crippen molar-refractivity contribution in [2.75, 3.05) is 19.6 Å². The van der Waals surface area contributed by atoms with Crippen LogP contribution < -0.4 is 0 Å². The van der Waals surface area contributed by atoms with E-state index >= 15 is 0 Å². The number of rotatable bonds is 4. The number of halogens is 1. The minimum absolute atomic E-state index is 0.216. The third-order valence-electron chi connectivity index (χ3n) is 5.26. The second-order valence-electron chi connectivity index (χ2n) is 6.93. The molecule has 1 aromatic heterocycles. The normalized spacial score (nSPS) is 24.4. The van der Waals surface area contributed by atoms with Gasteiger partial charge in [0, 0.05) is 19.6 Å². The van der Waals surface area contributed by atoms with Crippen molar-refractivity contribution >= 4 is 5.91 Å². The van der Waals surface area contributed by atoms with Crippen molar-refractivity contribution in [1.82, 2.24) is 9.80 Å². The molecule has 1 spiro atoms. The van der Waals surface area contributed by atoms with Crippen LogP contribution in [0.2, 0.25) is 0 Å². The molecule has 1 unspecified atom stereocenters. The molecular weight excluding hydrogens is 307 g/mol. The van der Waals surface area contributed by atoms with Gasteiger partial charge in [0.05, 0.1) is 18.2 Å². The molecule has 1 amide bonds. The molecule has 2 fully saturated rings. The first kappa shape index (κ1) is 15.4. The molecule has 4 rings (SSSR count). The Bertz CT molecular complexity index is 731. The van der Waals surface area contributed by atoms with E-state index in [0.29, 0.717) is 6.54 Å². The molecular formula is C19H21FN2O2. The largest absolute Gasteiger partial charge is 0.468 e. The number of likely N-dealkylation sites (tertiary alicyclic amines) is 2. The van der Waals surface area contributed by atoms with Crippen molar-refractivity contribution in [3.63, 3.8) is 0 Å². The summed E-state index contributed by atoms with van der Waals surface area (Å²) >= 11 is 0. The fraction of sp³-hybridized carbons (Fsp3) is 0.421. The van der Waals surface area contributed by atoms with Gasteiger partial charge in [-0.3, -0.25) is 9.69 Å². The minimum atomic E-state index is -0.264. The van der Waals surface area contributed by atoms with Gasteiger partial charge in [-0.25, -0.2) is 4.39 Å². The van der Waals surface area contributed by atoms with Gasteiger partial charge >= 0.3 is 0 Å². The Balaban J connectivity index is 1.41. The highest BCUT2D eigenvalue weighted by molar-refractivity contribution is 5.85. The zero-order chi connectivity index (χ0) is 16.6. The van der Waals surface area contributed by atoms with Gasteiger partial charge in [-0.2, -0.15) is 0 Å². The first-order valence-corrected chi connectivity index (χ1v) is 8.43. The van der Waals surface area contributed by atoms with Crippen LogP contribution in [0, 0.1) is 11.2 Å². The maximum atomic E-state index is 13.3. The standard InChI is InChI=1S/C19H21FN2O2/c20-16-4-1-3-15(11-16)12-22-9-7-19(18(22)23)6-8-21(14-19)13-17-5-2-10-24-17/h1-5,10-11H,6-9,12-14H2. The molecule has 3 heterocycles. The molecule has 0 aliphatic carbocycles. The Morgan fingerprint density at radius 3 is 2.79 bits per heavy atom. The zero-order valence-electron chi connectivity index (χ0n) is 13.6. The SMILES string of the molecule is O=C1N(Cc2cccc(F)c2)CCC12CCN(Cc1ccco1)C2. The predicted molar refractivity (Wildman–Crippen MR) is 87.5 cm³/mol. The maximum Gasteiger partial charge on any atom is 0.230 e. The quantitative estimate of drug-likeness (QED) is 0.865. The highest BCUT2D eigenvalue weighted by Gasteiger charge is 2.50. The predicted octanol–water partition coefficient (Wildman–Crippen LogP) is 3.04. The lowest BCUT2D eigenvalue weighted by Crippen LogP contribution is -2.36. The van der Waals surface area contributed by atoms with E-state index in [1.54, 1.807) is 12.3 Å². The molecule has 0 bridgehead atoms. The van der Waals surface area contributed by atoms with Crippen LogP contribution in [0.5, 0.6) is 0 Å². The van der Waals surface area contributed by atoms with E-state index in [1.165, 1.54) is 12.1 Å². The van der Waals surface area contributed by atoms with Crippen LogP contribution >= 0.6 is 0 Å². The van der Waals surface area contributed by atoms with E-state index in [9.17, 15) is 9.18 Å². The number of carbonyl (C=O) groups is 1. The van der Waals surface area contributed by atoms with Crippen LogP contribution in [0.4, 0.5) is 4.39 Å². The number of carbonyl (C=O) groups excluding carboxylic acids is 1. The van der Waals surface area contributed by atoms with Crippen LogP contribution in [0.3, 0.4) is 0 Å². The molecule has 0 saturated carbocycles. The average molecular weight is 328 g/mol. The van der Waals surface area contributed by atoms with Gasteiger partial charge in [-0.05, 0) is 49.2 Å². The van der Waals surface area contributed by atoms with E-state index < -0.39 is 0 Å². The molecule has 24 heavy (non-hydrogen) atoms. The van der Waals surface area contributed by atoms with Crippen LogP contribution in [0.1, 0.15) is 24.2 Å². The first-order chi connectivity index (χ1) is 11.6. The van der Waals surface area contributed by atoms with Crippen molar-refractivity contribution in [1.29, 1.82) is 0 Å². The lowest BCUT2D eigenvalue weighted by atomic mass is 9.85. The molecule has 2 aliphatic rings. The highest BCUT2D eigenvalue weighted by Crippen LogP contribution is 2.41. The maximum absolute atomic E-state index is 13.3. The summed E-state index contributed by atoms with van der Waals surface area (Å²) < 4.78 is 18.8. The van der Waals surface area contributed by atoms with Gasteiger partial charge in [0.2, 0.25) is 5.91 Å². The highest BCUT2D eigenvalue weighted by atomic mass is 19.1. The second-order valence-corrected chi connectivity index (χ2v) is 6.93. The van der Waals surface area contributed by atoms with Crippen LogP contribution in [-0.2, 0) is 17.9 Å². The van der Waals surface area contributed by atoms with E-state index in [0.717, 1.165) is 50.3 Å². The fourth-order valence-electron chi connectivity index (χ4n) is 3.99. The summed E-state index contributed by atoms with van der Waals surface area (Å²) in [5.74, 6) is 0.905. The molecule has 2 aliphatic heterocycles. The number of benzene rings is 1. The van der Waals surface area contributed by atoms with Gasteiger partial charge in [0.25, 0.3) is 0 Å². The Hall–Kier alpha value is -2.14. The molecule has 5 heteroatoms. The fourth-order valence-corrected chi connectivity index (χ4v) is 3.99. The molecule has 0 N–H and O–H groups in total. The summed E-state index contributed by atoms with van der Waals surface area (Å²) in [5, 5.41) is 0. The number of hydrogen-bond acceptors (Lipinski definition) is 3. The smallest absolute Gasteiger partial charge is 0.230 e. The lowest BCUT2D eigenvalue weighted by Gasteiger charge is -2.23. The molecule has 1 atom stereocenters. The summed E-state index contributed by atoms with van der Waals surface area (Å²) in [4.78, 5) is 17.1. The van der Waals surface area contributed by atoms with Crippen LogP contribution in [0.15, 0.2) is 47.1 Å². The Kier molecular flexibility index (Phi) is 3.88. The van der Waals surface area contributed by atoms with Gasteiger partial charge in [-0.15, -0.1) is 0 Å². The van der Waals surface area contributed by atoms with Crippen molar-refractivity contribution in [3.8, 4) is 0 Å². The Morgan fingerprint density at radius 1 is 1.12 bits per heavy atom. The van der Waals surface area contributed by atoms with Crippen molar-refractivity contribution in [2.24, 2.45) is 5.41 Å². The summed E-state index contributed by atoms with van der Waals surface area (Å²) in [5.41, 5.74) is 0.589. The molecule has 2 saturated heterocycles. The molecule has 1 aromatic carbocycles. The van der Waals surface area contributed by atoms with E-state index in [-0.39, 0.29) is 17.1 Å². The van der Waals surface area contributed by atoms with Crippen LogP contribution in [0.25, 0.3) is 0 Å². The van der Waals surface area contributed by atoms with Crippen molar-refractivity contribution < 1.29 is 13.6 Å². The third-order valence-corrected chi connectivity index (χ3v) is 5.26. The number of hydrogen-bond donors (Lipinski definition) is 0. The lowest BCUT2D eigenvalue weighted by molar-refractivity contribution is -0.136.